The number of likely N-dealkylation sites (N-methyl/N-ethyl adjacent to an activating group) is 1. The molecule has 0 spiro atoms. The molecule has 134 valence electrons. The van der Waals surface area contributed by atoms with Crippen molar-refractivity contribution >= 4 is 23.2 Å². The smallest absolute Gasteiger partial charge is 0.238 e. The molecule has 0 saturated heterocycles. The molecule has 0 aliphatic carbocycles. The Morgan fingerprint density at radius 3 is 2.48 bits per heavy atom. The number of rotatable bonds is 8. The van der Waals surface area contributed by atoms with E-state index in [1.165, 1.54) is 5.56 Å². The minimum Gasteiger partial charge on any atom is -0.497 e. The van der Waals surface area contributed by atoms with E-state index in [-0.39, 0.29) is 12.5 Å². The first-order chi connectivity index (χ1) is 12.0. The van der Waals surface area contributed by atoms with Crippen LogP contribution in [0.2, 0.25) is 5.02 Å². The second-order valence-electron chi connectivity index (χ2n) is 5.73. The van der Waals surface area contributed by atoms with Crippen LogP contribution in [0.1, 0.15) is 5.56 Å². The molecule has 0 unspecified atom stereocenters. The molecular weight excluding hydrogens is 340 g/mol. The average Bonchev–Trinajstić information content (AvgIpc) is 2.60. The van der Waals surface area contributed by atoms with Gasteiger partial charge in [-0.2, -0.15) is 0 Å². The molecule has 6 heteroatoms. The van der Waals surface area contributed by atoms with E-state index in [1.807, 2.05) is 36.2 Å². The minimum atomic E-state index is -0.113. The van der Waals surface area contributed by atoms with Gasteiger partial charge in [-0.15, -0.1) is 0 Å². The SMILES string of the molecule is COc1ccc(CCN(C)CC(=O)Nc2cc(Cl)ccc2OC)cc1. The van der Waals surface area contributed by atoms with Gasteiger partial charge in [0.2, 0.25) is 5.91 Å². The summed E-state index contributed by atoms with van der Waals surface area (Å²) >= 11 is 5.98. The van der Waals surface area contributed by atoms with Crippen molar-refractivity contribution in [2.45, 2.75) is 6.42 Å². The number of methoxy groups -OCH3 is 2. The molecular formula is C19H23ClN2O3. The largest absolute Gasteiger partial charge is 0.497 e. The van der Waals surface area contributed by atoms with Gasteiger partial charge < -0.3 is 14.8 Å². The number of carbonyl (C=O) groups is 1. The Hall–Kier alpha value is -2.24. The van der Waals surface area contributed by atoms with Crippen LogP contribution in [-0.4, -0.2) is 45.2 Å². The fourth-order valence-electron chi connectivity index (χ4n) is 2.40. The molecule has 0 saturated carbocycles. The van der Waals surface area contributed by atoms with E-state index in [1.54, 1.807) is 32.4 Å². The van der Waals surface area contributed by atoms with E-state index in [2.05, 4.69) is 5.32 Å². The number of carbonyl (C=O) groups excluding carboxylic acids is 1. The third kappa shape index (κ3) is 5.96. The predicted octanol–water partition coefficient (Wildman–Crippen LogP) is 3.47. The highest BCUT2D eigenvalue weighted by atomic mass is 35.5. The van der Waals surface area contributed by atoms with Crippen LogP contribution in [0, 0.1) is 0 Å². The number of halogens is 1. The zero-order valence-corrected chi connectivity index (χ0v) is 15.5. The molecule has 0 atom stereocenters. The molecule has 0 bridgehead atoms. The molecule has 0 aromatic heterocycles. The summed E-state index contributed by atoms with van der Waals surface area (Å²) in [7, 11) is 5.12. The van der Waals surface area contributed by atoms with Gasteiger partial charge in [-0.1, -0.05) is 23.7 Å². The maximum atomic E-state index is 12.2. The fraction of sp³-hybridized carbons (Fsp3) is 0.316. The van der Waals surface area contributed by atoms with Crippen molar-refractivity contribution in [2.24, 2.45) is 0 Å². The Labute approximate surface area is 153 Å². The second kappa shape index (κ2) is 9.30. The Balaban J connectivity index is 1.84. The number of nitrogens with one attached hydrogen (secondary N) is 1. The van der Waals surface area contributed by atoms with Gasteiger partial charge in [0.05, 0.1) is 26.5 Å². The molecule has 0 heterocycles. The van der Waals surface area contributed by atoms with E-state index in [0.717, 1.165) is 18.7 Å². The van der Waals surface area contributed by atoms with E-state index >= 15 is 0 Å². The quantitative estimate of drug-likeness (QED) is 0.781. The normalized spacial score (nSPS) is 10.6. The van der Waals surface area contributed by atoms with Gasteiger partial charge in [0.25, 0.3) is 0 Å². The van der Waals surface area contributed by atoms with Gasteiger partial charge in [-0.3, -0.25) is 9.69 Å². The lowest BCUT2D eigenvalue weighted by molar-refractivity contribution is -0.117. The third-order valence-corrected chi connectivity index (χ3v) is 4.03. The summed E-state index contributed by atoms with van der Waals surface area (Å²) in [6.45, 7) is 1.05. The summed E-state index contributed by atoms with van der Waals surface area (Å²) in [5.74, 6) is 1.31. The summed E-state index contributed by atoms with van der Waals surface area (Å²) in [4.78, 5) is 14.2. The zero-order chi connectivity index (χ0) is 18.2. The van der Waals surface area contributed by atoms with Crippen LogP contribution in [0.25, 0.3) is 0 Å². The number of amides is 1. The number of hydrogen-bond donors (Lipinski definition) is 1. The van der Waals surface area contributed by atoms with Gasteiger partial charge in [0.15, 0.2) is 0 Å². The van der Waals surface area contributed by atoms with E-state index < -0.39 is 0 Å². The van der Waals surface area contributed by atoms with Crippen molar-refractivity contribution in [3.05, 3.63) is 53.1 Å². The van der Waals surface area contributed by atoms with Crippen LogP contribution < -0.4 is 14.8 Å². The van der Waals surface area contributed by atoms with Gasteiger partial charge in [0.1, 0.15) is 11.5 Å². The van der Waals surface area contributed by atoms with Crippen molar-refractivity contribution in [1.29, 1.82) is 0 Å². The van der Waals surface area contributed by atoms with Crippen LogP contribution in [0.3, 0.4) is 0 Å². The summed E-state index contributed by atoms with van der Waals surface area (Å²) in [6, 6.07) is 13.1. The Morgan fingerprint density at radius 1 is 1.12 bits per heavy atom. The van der Waals surface area contributed by atoms with E-state index in [4.69, 9.17) is 21.1 Å². The molecule has 1 amide bonds. The van der Waals surface area contributed by atoms with Crippen LogP contribution >= 0.6 is 11.6 Å². The van der Waals surface area contributed by atoms with Crippen molar-refractivity contribution in [3.8, 4) is 11.5 Å². The molecule has 2 aromatic rings. The lowest BCUT2D eigenvalue weighted by Crippen LogP contribution is -2.31. The number of ether oxygens (including phenoxy) is 2. The average molecular weight is 363 g/mol. The first-order valence-corrected chi connectivity index (χ1v) is 8.34. The molecule has 2 aromatic carbocycles. The lowest BCUT2D eigenvalue weighted by Gasteiger charge is -2.17. The Bertz CT molecular complexity index is 704. The molecule has 0 aliphatic rings. The first-order valence-electron chi connectivity index (χ1n) is 7.96. The maximum Gasteiger partial charge on any atom is 0.238 e. The molecule has 1 N–H and O–H groups in total. The molecule has 0 fully saturated rings. The van der Waals surface area contributed by atoms with Crippen LogP contribution in [-0.2, 0) is 11.2 Å². The highest BCUT2D eigenvalue weighted by molar-refractivity contribution is 6.31. The highest BCUT2D eigenvalue weighted by Gasteiger charge is 2.11. The first kappa shape index (κ1) is 19.1. The van der Waals surface area contributed by atoms with E-state index in [0.29, 0.717) is 16.5 Å². The summed E-state index contributed by atoms with van der Waals surface area (Å²) < 4.78 is 10.4. The van der Waals surface area contributed by atoms with Crippen LogP contribution in [0.4, 0.5) is 5.69 Å². The number of hydrogen-bond acceptors (Lipinski definition) is 4. The zero-order valence-electron chi connectivity index (χ0n) is 14.7. The lowest BCUT2D eigenvalue weighted by atomic mass is 10.1. The molecule has 25 heavy (non-hydrogen) atoms. The molecule has 0 radical (unpaired) electrons. The fourth-order valence-corrected chi connectivity index (χ4v) is 2.58. The van der Waals surface area contributed by atoms with E-state index in [9.17, 15) is 4.79 Å². The Morgan fingerprint density at radius 2 is 1.84 bits per heavy atom. The number of nitrogens with zero attached hydrogens (tertiary/aromatic N) is 1. The summed E-state index contributed by atoms with van der Waals surface area (Å²) in [5.41, 5.74) is 1.77. The van der Waals surface area contributed by atoms with Crippen LogP contribution in [0.15, 0.2) is 42.5 Å². The number of benzene rings is 2. The standard InChI is InChI=1S/C19H23ClN2O3/c1-22(11-10-14-4-7-16(24-2)8-5-14)13-19(23)21-17-12-15(20)6-9-18(17)25-3/h4-9,12H,10-11,13H2,1-3H3,(H,21,23). The summed E-state index contributed by atoms with van der Waals surface area (Å²) in [6.07, 6.45) is 0.855. The van der Waals surface area contributed by atoms with Crippen molar-refractivity contribution < 1.29 is 14.3 Å². The van der Waals surface area contributed by atoms with Crippen molar-refractivity contribution in [1.82, 2.24) is 4.90 Å². The number of anilines is 1. The summed E-state index contributed by atoms with van der Waals surface area (Å²) in [5, 5.41) is 3.39. The third-order valence-electron chi connectivity index (χ3n) is 3.79. The maximum absolute atomic E-state index is 12.2. The van der Waals surface area contributed by atoms with Gasteiger partial charge in [-0.05, 0) is 49.4 Å². The monoisotopic (exact) mass is 362 g/mol. The second-order valence-corrected chi connectivity index (χ2v) is 6.17. The molecule has 2 rings (SSSR count). The van der Waals surface area contributed by atoms with Gasteiger partial charge >= 0.3 is 0 Å². The van der Waals surface area contributed by atoms with Gasteiger partial charge in [-0.25, -0.2) is 0 Å². The highest BCUT2D eigenvalue weighted by Crippen LogP contribution is 2.27. The Kier molecular flexibility index (Phi) is 7.10. The van der Waals surface area contributed by atoms with Crippen molar-refractivity contribution in [2.75, 3.05) is 39.7 Å². The van der Waals surface area contributed by atoms with Crippen LogP contribution in [0.5, 0.6) is 11.5 Å². The molecule has 0 aliphatic heterocycles. The minimum absolute atomic E-state index is 0.113. The topological polar surface area (TPSA) is 50.8 Å². The molecule has 5 nitrogen and oxygen atoms in total. The van der Waals surface area contributed by atoms with Crippen molar-refractivity contribution in [3.63, 3.8) is 0 Å². The van der Waals surface area contributed by atoms with Gasteiger partial charge in [0, 0.05) is 11.6 Å². The predicted molar refractivity (Wildman–Crippen MR) is 101 cm³/mol.